The summed E-state index contributed by atoms with van der Waals surface area (Å²) in [7, 11) is 0. The van der Waals surface area contributed by atoms with Crippen LogP contribution < -0.4 is 5.32 Å². The van der Waals surface area contributed by atoms with Crippen LogP contribution in [0.15, 0.2) is 17.8 Å². The van der Waals surface area contributed by atoms with Crippen LogP contribution in [0.5, 0.6) is 0 Å². The van der Waals surface area contributed by atoms with Crippen LogP contribution in [0.1, 0.15) is 32.4 Å². The standard InChI is InChI=1S/C15H24N4S/c1-12(2)8-18(9-13-4-3-5-16-13)10-14-11-19-6-7-20-15(19)17-14/h6-7,11-13,16H,3-5,8-10H2,1-2H3. The summed E-state index contributed by atoms with van der Waals surface area (Å²) in [5.74, 6) is 0.695. The highest BCUT2D eigenvalue weighted by Crippen LogP contribution is 2.15. The van der Waals surface area contributed by atoms with Crippen molar-refractivity contribution in [3.05, 3.63) is 23.5 Å². The largest absolute Gasteiger partial charge is 0.313 e. The minimum Gasteiger partial charge on any atom is -0.313 e. The molecule has 1 saturated heterocycles. The van der Waals surface area contributed by atoms with Gasteiger partial charge in [0.05, 0.1) is 5.69 Å². The molecule has 0 aliphatic carbocycles. The molecule has 1 N–H and O–H groups in total. The minimum absolute atomic E-state index is 0.664. The molecule has 3 rings (SSSR count). The Bertz CT molecular complexity index is 510. The first-order valence-electron chi connectivity index (χ1n) is 7.57. The monoisotopic (exact) mass is 292 g/mol. The van der Waals surface area contributed by atoms with Crippen LogP contribution in [-0.2, 0) is 6.54 Å². The molecule has 5 heteroatoms. The van der Waals surface area contributed by atoms with Gasteiger partial charge in [0.1, 0.15) is 0 Å². The lowest BCUT2D eigenvalue weighted by Crippen LogP contribution is -2.39. The summed E-state index contributed by atoms with van der Waals surface area (Å²) < 4.78 is 2.13. The average Bonchev–Trinajstić information content (AvgIpc) is 3.03. The highest BCUT2D eigenvalue weighted by molar-refractivity contribution is 7.15. The van der Waals surface area contributed by atoms with E-state index in [4.69, 9.17) is 4.98 Å². The predicted molar refractivity (Wildman–Crippen MR) is 84.2 cm³/mol. The molecule has 1 aliphatic heterocycles. The summed E-state index contributed by atoms with van der Waals surface area (Å²) >= 11 is 1.70. The van der Waals surface area contributed by atoms with Gasteiger partial charge in [0, 0.05) is 43.4 Å². The zero-order valence-electron chi connectivity index (χ0n) is 12.4. The van der Waals surface area contributed by atoms with E-state index < -0.39 is 0 Å². The molecule has 4 nitrogen and oxygen atoms in total. The fraction of sp³-hybridized carbons (Fsp3) is 0.667. The molecule has 0 saturated carbocycles. The highest BCUT2D eigenvalue weighted by Gasteiger charge is 2.19. The van der Waals surface area contributed by atoms with Crippen molar-refractivity contribution in [1.29, 1.82) is 0 Å². The van der Waals surface area contributed by atoms with Crippen LogP contribution in [-0.4, -0.2) is 40.0 Å². The van der Waals surface area contributed by atoms with Crippen molar-refractivity contribution in [3.63, 3.8) is 0 Å². The van der Waals surface area contributed by atoms with Crippen molar-refractivity contribution >= 4 is 16.3 Å². The van der Waals surface area contributed by atoms with Crippen LogP contribution >= 0.6 is 11.3 Å². The van der Waals surface area contributed by atoms with E-state index in [9.17, 15) is 0 Å². The molecule has 1 aliphatic rings. The van der Waals surface area contributed by atoms with E-state index in [0.717, 1.165) is 24.6 Å². The summed E-state index contributed by atoms with van der Waals surface area (Å²) in [5, 5.41) is 5.69. The van der Waals surface area contributed by atoms with E-state index >= 15 is 0 Å². The number of imidazole rings is 1. The SMILES string of the molecule is CC(C)CN(Cc1cn2ccsc2n1)CC1CCCN1. The maximum atomic E-state index is 4.71. The third-order valence-corrected chi connectivity index (χ3v) is 4.56. The topological polar surface area (TPSA) is 32.6 Å². The molecule has 1 unspecified atom stereocenters. The van der Waals surface area contributed by atoms with Crippen molar-refractivity contribution in [2.45, 2.75) is 39.3 Å². The molecule has 1 atom stereocenters. The Labute approximate surface area is 124 Å². The Kier molecular flexibility index (Phi) is 4.38. The number of hydrogen-bond donors (Lipinski definition) is 1. The van der Waals surface area contributed by atoms with Gasteiger partial charge in [0.25, 0.3) is 0 Å². The summed E-state index contributed by atoms with van der Waals surface area (Å²) in [6.45, 7) is 9.01. The van der Waals surface area contributed by atoms with Crippen LogP contribution in [0.3, 0.4) is 0 Å². The molecule has 2 aromatic rings. The summed E-state index contributed by atoms with van der Waals surface area (Å²) in [6.07, 6.45) is 6.89. The zero-order valence-corrected chi connectivity index (χ0v) is 13.2. The lowest BCUT2D eigenvalue weighted by molar-refractivity contribution is 0.214. The average molecular weight is 292 g/mol. The van der Waals surface area contributed by atoms with Gasteiger partial charge in [0.2, 0.25) is 0 Å². The minimum atomic E-state index is 0.664. The van der Waals surface area contributed by atoms with E-state index in [1.807, 2.05) is 0 Å². The van der Waals surface area contributed by atoms with Gasteiger partial charge in [-0.25, -0.2) is 4.98 Å². The molecule has 3 heterocycles. The van der Waals surface area contributed by atoms with Crippen LogP contribution in [0, 0.1) is 5.92 Å². The van der Waals surface area contributed by atoms with Crippen molar-refractivity contribution in [2.24, 2.45) is 5.92 Å². The van der Waals surface area contributed by atoms with Gasteiger partial charge in [-0.05, 0) is 25.3 Å². The van der Waals surface area contributed by atoms with Gasteiger partial charge in [-0.3, -0.25) is 9.30 Å². The summed E-state index contributed by atoms with van der Waals surface area (Å²) in [6, 6.07) is 0.664. The number of hydrogen-bond acceptors (Lipinski definition) is 4. The van der Waals surface area contributed by atoms with Crippen molar-refractivity contribution in [1.82, 2.24) is 19.6 Å². The predicted octanol–water partition coefficient (Wildman–Crippen LogP) is 2.61. The van der Waals surface area contributed by atoms with Gasteiger partial charge in [-0.15, -0.1) is 11.3 Å². The second-order valence-electron chi connectivity index (χ2n) is 6.21. The number of aromatic nitrogens is 2. The smallest absolute Gasteiger partial charge is 0.193 e. The van der Waals surface area contributed by atoms with Crippen molar-refractivity contribution < 1.29 is 0 Å². The van der Waals surface area contributed by atoms with Gasteiger partial charge < -0.3 is 5.32 Å². The molecule has 2 aromatic heterocycles. The maximum Gasteiger partial charge on any atom is 0.193 e. The van der Waals surface area contributed by atoms with Gasteiger partial charge in [-0.2, -0.15) is 0 Å². The third-order valence-electron chi connectivity index (χ3n) is 3.79. The fourth-order valence-corrected chi connectivity index (χ4v) is 3.74. The molecule has 0 aromatic carbocycles. The second kappa shape index (κ2) is 6.24. The van der Waals surface area contributed by atoms with Crippen molar-refractivity contribution in [2.75, 3.05) is 19.6 Å². The van der Waals surface area contributed by atoms with E-state index in [1.165, 1.54) is 25.1 Å². The van der Waals surface area contributed by atoms with Crippen LogP contribution in [0.4, 0.5) is 0 Å². The van der Waals surface area contributed by atoms with E-state index in [2.05, 4.69) is 46.2 Å². The van der Waals surface area contributed by atoms with Crippen LogP contribution in [0.25, 0.3) is 4.96 Å². The summed E-state index contributed by atoms with van der Waals surface area (Å²) in [4.78, 5) is 8.37. The quantitative estimate of drug-likeness (QED) is 0.888. The first-order valence-corrected chi connectivity index (χ1v) is 8.45. The number of rotatable bonds is 6. The first-order chi connectivity index (χ1) is 9.70. The van der Waals surface area contributed by atoms with Gasteiger partial charge >= 0.3 is 0 Å². The summed E-state index contributed by atoms with van der Waals surface area (Å²) in [5.41, 5.74) is 1.19. The second-order valence-corrected chi connectivity index (χ2v) is 7.08. The van der Waals surface area contributed by atoms with Gasteiger partial charge in [-0.1, -0.05) is 13.8 Å². The lowest BCUT2D eigenvalue weighted by atomic mass is 10.1. The van der Waals surface area contributed by atoms with Crippen LogP contribution in [0.2, 0.25) is 0 Å². The molecule has 0 amide bonds. The van der Waals surface area contributed by atoms with E-state index in [1.54, 1.807) is 11.3 Å². The van der Waals surface area contributed by atoms with E-state index in [0.29, 0.717) is 12.0 Å². The number of thiazole rings is 1. The molecule has 1 fully saturated rings. The Balaban J connectivity index is 1.66. The number of nitrogens with one attached hydrogen (secondary N) is 1. The molecule has 110 valence electrons. The molecule has 0 radical (unpaired) electrons. The Morgan fingerprint density at radius 3 is 3.15 bits per heavy atom. The molecule has 0 spiro atoms. The Hall–Kier alpha value is -0.910. The van der Waals surface area contributed by atoms with Crippen molar-refractivity contribution in [3.8, 4) is 0 Å². The maximum absolute atomic E-state index is 4.71. The van der Waals surface area contributed by atoms with E-state index in [-0.39, 0.29) is 0 Å². The fourth-order valence-electron chi connectivity index (χ4n) is 3.03. The highest BCUT2D eigenvalue weighted by atomic mass is 32.1. The van der Waals surface area contributed by atoms with Gasteiger partial charge in [0.15, 0.2) is 4.96 Å². The third kappa shape index (κ3) is 3.40. The zero-order chi connectivity index (χ0) is 13.9. The first kappa shape index (κ1) is 14.0. The molecule has 20 heavy (non-hydrogen) atoms. The number of nitrogens with zero attached hydrogens (tertiary/aromatic N) is 3. The molecule has 0 bridgehead atoms. The number of fused-ring (bicyclic) bond motifs is 1. The molecular formula is C15H24N4S. The molecular weight excluding hydrogens is 268 g/mol. The Morgan fingerprint density at radius 2 is 2.45 bits per heavy atom. The Morgan fingerprint density at radius 1 is 1.55 bits per heavy atom. The normalized spacial score (nSPS) is 19.7. The lowest BCUT2D eigenvalue weighted by Gasteiger charge is -2.26.